The minimum absolute atomic E-state index is 0.616. The zero-order valence-corrected chi connectivity index (χ0v) is 14.1. The molecule has 1 N–H and O–H groups in total. The van der Waals surface area contributed by atoms with Crippen LogP contribution in [-0.2, 0) is 5.60 Å². The molecule has 3 nitrogen and oxygen atoms in total. The van der Waals surface area contributed by atoms with Crippen molar-refractivity contribution in [2.75, 3.05) is 31.1 Å². The summed E-state index contributed by atoms with van der Waals surface area (Å²) in [5, 5.41) is 11.0. The van der Waals surface area contributed by atoms with Crippen molar-refractivity contribution in [3.8, 4) is 0 Å². The molecule has 1 atom stereocenters. The van der Waals surface area contributed by atoms with E-state index >= 15 is 0 Å². The molecule has 0 bridgehead atoms. The first-order valence-corrected chi connectivity index (χ1v) is 9.07. The van der Waals surface area contributed by atoms with Crippen LogP contribution < -0.4 is 4.90 Å². The molecule has 0 aliphatic carbocycles. The third-order valence-corrected chi connectivity index (χ3v) is 5.74. The Morgan fingerprint density at radius 3 is 2.12 bits per heavy atom. The Bertz CT molecular complexity index is 650. The van der Waals surface area contributed by atoms with Crippen LogP contribution in [0.2, 0.25) is 0 Å². The number of hydrogen-bond donors (Lipinski definition) is 1. The van der Waals surface area contributed by atoms with E-state index < -0.39 is 5.60 Å². The maximum absolute atomic E-state index is 11.0. The molecule has 4 rings (SSSR count). The second-order valence-corrected chi connectivity index (χ2v) is 7.16. The summed E-state index contributed by atoms with van der Waals surface area (Å²) < 4.78 is 0. The number of piperidine rings is 1. The van der Waals surface area contributed by atoms with Gasteiger partial charge >= 0.3 is 0 Å². The maximum atomic E-state index is 11.0. The lowest BCUT2D eigenvalue weighted by molar-refractivity contribution is -0.0337. The predicted octanol–water partition coefficient (Wildman–Crippen LogP) is 3.25. The highest BCUT2D eigenvalue weighted by Gasteiger charge is 2.37. The van der Waals surface area contributed by atoms with Crippen molar-refractivity contribution in [2.24, 2.45) is 0 Å². The van der Waals surface area contributed by atoms with E-state index in [0.29, 0.717) is 6.04 Å². The molecular weight excluding hydrogens is 296 g/mol. The Morgan fingerprint density at radius 2 is 1.46 bits per heavy atom. The Kier molecular flexibility index (Phi) is 4.30. The average molecular weight is 322 g/mol. The lowest BCUT2D eigenvalue weighted by Crippen LogP contribution is -2.47. The summed E-state index contributed by atoms with van der Waals surface area (Å²) >= 11 is 0. The fourth-order valence-electron chi connectivity index (χ4n) is 4.21. The Balaban J connectivity index is 1.37. The van der Waals surface area contributed by atoms with Gasteiger partial charge in [-0.1, -0.05) is 48.5 Å². The van der Waals surface area contributed by atoms with Crippen molar-refractivity contribution in [1.82, 2.24) is 4.90 Å². The number of likely N-dealkylation sites (tertiary alicyclic amines) is 1. The summed E-state index contributed by atoms with van der Waals surface area (Å²) in [6.45, 7) is 4.21. The Labute approximate surface area is 144 Å². The Hall–Kier alpha value is -1.84. The summed E-state index contributed by atoms with van der Waals surface area (Å²) in [5.74, 6) is 0. The van der Waals surface area contributed by atoms with Crippen LogP contribution in [0.4, 0.5) is 5.69 Å². The van der Waals surface area contributed by atoms with Gasteiger partial charge < -0.3 is 10.0 Å². The van der Waals surface area contributed by atoms with E-state index in [-0.39, 0.29) is 0 Å². The van der Waals surface area contributed by atoms with Crippen LogP contribution in [0.15, 0.2) is 60.7 Å². The molecule has 0 radical (unpaired) electrons. The van der Waals surface area contributed by atoms with Crippen LogP contribution in [0.25, 0.3) is 0 Å². The summed E-state index contributed by atoms with van der Waals surface area (Å²) in [4.78, 5) is 5.07. The molecule has 126 valence electrons. The smallest absolute Gasteiger partial charge is 0.0920 e. The van der Waals surface area contributed by atoms with E-state index in [1.165, 1.54) is 12.1 Å². The van der Waals surface area contributed by atoms with Crippen molar-refractivity contribution in [3.63, 3.8) is 0 Å². The topological polar surface area (TPSA) is 26.7 Å². The summed E-state index contributed by atoms with van der Waals surface area (Å²) in [6, 6.07) is 21.5. The maximum Gasteiger partial charge on any atom is 0.0920 e. The van der Waals surface area contributed by atoms with Gasteiger partial charge in [0.15, 0.2) is 0 Å². The van der Waals surface area contributed by atoms with Crippen LogP contribution in [0.1, 0.15) is 24.8 Å². The van der Waals surface area contributed by atoms with Crippen molar-refractivity contribution >= 4 is 5.69 Å². The molecule has 0 spiro atoms. The lowest BCUT2D eigenvalue weighted by Gasteiger charge is -2.41. The molecule has 2 fully saturated rings. The molecule has 3 heteroatoms. The standard InChI is InChI=1S/C21H26N2O/c24-21(18-7-3-1-4-8-18)12-15-22(16-13-21)20-11-14-23(17-20)19-9-5-2-6-10-19/h1-10,20,24H,11-17H2. The van der Waals surface area contributed by atoms with Gasteiger partial charge in [0.2, 0.25) is 0 Å². The second-order valence-electron chi connectivity index (χ2n) is 7.16. The molecule has 2 saturated heterocycles. The minimum Gasteiger partial charge on any atom is -0.385 e. The molecule has 24 heavy (non-hydrogen) atoms. The van der Waals surface area contributed by atoms with Crippen LogP contribution in [0.5, 0.6) is 0 Å². The van der Waals surface area contributed by atoms with Gasteiger partial charge in [0.25, 0.3) is 0 Å². The normalized spacial score (nSPS) is 24.2. The van der Waals surface area contributed by atoms with E-state index in [2.05, 4.69) is 52.3 Å². The van der Waals surface area contributed by atoms with Gasteiger partial charge in [0.1, 0.15) is 0 Å². The molecular formula is C21H26N2O. The van der Waals surface area contributed by atoms with Gasteiger partial charge in [-0.05, 0) is 37.0 Å². The van der Waals surface area contributed by atoms with Crippen LogP contribution in [0.3, 0.4) is 0 Å². The van der Waals surface area contributed by atoms with Gasteiger partial charge in [-0.15, -0.1) is 0 Å². The highest BCUT2D eigenvalue weighted by Crippen LogP contribution is 2.34. The molecule has 2 aromatic carbocycles. The molecule has 2 heterocycles. The van der Waals surface area contributed by atoms with Crippen molar-refractivity contribution in [3.05, 3.63) is 66.2 Å². The second kappa shape index (κ2) is 6.58. The first kappa shape index (κ1) is 15.7. The molecule has 2 aromatic rings. The average Bonchev–Trinajstić information content (AvgIpc) is 3.14. The zero-order chi connectivity index (χ0) is 16.4. The fraction of sp³-hybridized carbons (Fsp3) is 0.429. The minimum atomic E-state index is -0.643. The van der Waals surface area contributed by atoms with Crippen LogP contribution in [0, 0.1) is 0 Å². The van der Waals surface area contributed by atoms with Gasteiger partial charge in [0.05, 0.1) is 5.60 Å². The monoisotopic (exact) mass is 322 g/mol. The number of hydrogen-bond acceptors (Lipinski definition) is 3. The third kappa shape index (κ3) is 3.06. The Morgan fingerprint density at radius 1 is 0.833 bits per heavy atom. The van der Waals surface area contributed by atoms with E-state index in [1.54, 1.807) is 0 Å². The molecule has 0 amide bonds. The molecule has 2 aliphatic heterocycles. The fourth-order valence-corrected chi connectivity index (χ4v) is 4.21. The number of rotatable bonds is 3. The highest BCUT2D eigenvalue weighted by atomic mass is 16.3. The third-order valence-electron chi connectivity index (χ3n) is 5.74. The molecule has 0 saturated carbocycles. The first-order chi connectivity index (χ1) is 11.7. The van der Waals surface area contributed by atoms with Gasteiger partial charge in [-0.25, -0.2) is 0 Å². The van der Waals surface area contributed by atoms with Crippen molar-refractivity contribution < 1.29 is 5.11 Å². The van der Waals surface area contributed by atoms with E-state index in [1.807, 2.05) is 18.2 Å². The first-order valence-electron chi connectivity index (χ1n) is 9.07. The lowest BCUT2D eigenvalue weighted by atomic mass is 9.84. The summed E-state index contributed by atoms with van der Waals surface area (Å²) in [7, 11) is 0. The highest BCUT2D eigenvalue weighted by molar-refractivity contribution is 5.47. The summed E-state index contributed by atoms with van der Waals surface area (Å²) in [6.07, 6.45) is 2.89. The number of para-hydroxylation sites is 1. The molecule has 1 unspecified atom stereocenters. The largest absolute Gasteiger partial charge is 0.385 e. The molecule has 2 aliphatic rings. The number of benzene rings is 2. The van der Waals surface area contributed by atoms with E-state index in [9.17, 15) is 5.11 Å². The number of aliphatic hydroxyl groups is 1. The summed E-state index contributed by atoms with van der Waals surface area (Å²) in [5.41, 5.74) is 1.76. The number of anilines is 1. The van der Waals surface area contributed by atoms with Gasteiger partial charge in [-0.3, -0.25) is 4.90 Å². The van der Waals surface area contributed by atoms with Crippen LogP contribution >= 0.6 is 0 Å². The predicted molar refractivity (Wildman–Crippen MR) is 98.2 cm³/mol. The van der Waals surface area contributed by atoms with Gasteiger partial charge in [0, 0.05) is 37.9 Å². The molecule has 0 aromatic heterocycles. The van der Waals surface area contributed by atoms with E-state index in [0.717, 1.165) is 44.6 Å². The van der Waals surface area contributed by atoms with Crippen molar-refractivity contribution in [2.45, 2.75) is 30.9 Å². The van der Waals surface area contributed by atoms with Crippen molar-refractivity contribution in [1.29, 1.82) is 0 Å². The SMILES string of the molecule is OC1(c2ccccc2)CCN(C2CCN(c3ccccc3)C2)CC1. The van der Waals surface area contributed by atoms with Gasteiger partial charge in [-0.2, -0.15) is 0 Å². The number of nitrogens with zero attached hydrogens (tertiary/aromatic N) is 2. The van der Waals surface area contributed by atoms with Crippen LogP contribution in [-0.4, -0.2) is 42.2 Å². The zero-order valence-electron chi connectivity index (χ0n) is 14.1. The quantitative estimate of drug-likeness (QED) is 0.940. The van der Waals surface area contributed by atoms with E-state index in [4.69, 9.17) is 0 Å².